The van der Waals surface area contributed by atoms with Crippen molar-refractivity contribution in [1.29, 1.82) is 0 Å². The van der Waals surface area contributed by atoms with Gasteiger partial charge >= 0.3 is 5.97 Å². The summed E-state index contributed by atoms with van der Waals surface area (Å²) >= 11 is 0. The summed E-state index contributed by atoms with van der Waals surface area (Å²) in [5, 5.41) is 10.1. The average Bonchev–Trinajstić information content (AvgIpc) is 2.16. The molecule has 0 amide bonds. The molecule has 0 radical (unpaired) electrons. The third-order valence-electron chi connectivity index (χ3n) is 2.13. The molecule has 1 rings (SSSR count). The Morgan fingerprint density at radius 2 is 1.62 bits per heavy atom. The molecule has 16 heavy (non-hydrogen) atoms. The third kappa shape index (κ3) is 3.07. The van der Waals surface area contributed by atoms with E-state index in [0.29, 0.717) is 5.56 Å². The zero-order valence-electron chi connectivity index (χ0n) is 10.2. The number of hydrogen-bond acceptors (Lipinski definition) is 3. The summed E-state index contributed by atoms with van der Waals surface area (Å²) in [5.41, 5.74) is -1.67. The van der Waals surface area contributed by atoms with Gasteiger partial charge in [0.2, 0.25) is 0 Å². The largest absolute Gasteiger partial charge is 0.458 e. The Kier molecular flexibility index (Phi) is 3.38. The Morgan fingerprint density at radius 1 is 1.12 bits per heavy atom. The predicted molar refractivity (Wildman–Crippen MR) is 61.9 cm³/mol. The van der Waals surface area contributed by atoms with Crippen molar-refractivity contribution in [3.05, 3.63) is 35.9 Å². The van der Waals surface area contributed by atoms with Crippen LogP contribution in [-0.4, -0.2) is 16.7 Å². The average molecular weight is 222 g/mol. The highest BCUT2D eigenvalue weighted by molar-refractivity contribution is 5.80. The Hall–Kier alpha value is -1.35. The zero-order valence-corrected chi connectivity index (χ0v) is 10.2. The van der Waals surface area contributed by atoms with Crippen LogP contribution < -0.4 is 0 Å². The van der Waals surface area contributed by atoms with Gasteiger partial charge in [-0.1, -0.05) is 30.3 Å². The maximum Gasteiger partial charge on any atom is 0.343 e. The molecule has 1 atom stereocenters. The molecule has 0 heterocycles. The van der Waals surface area contributed by atoms with Crippen molar-refractivity contribution in [3.63, 3.8) is 0 Å². The van der Waals surface area contributed by atoms with Crippen LogP contribution in [0.4, 0.5) is 0 Å². The first kappa shape index (κ1) is 12.7. The van der Waals surface area contributed by atoms with Crippen molar-refractivity contribution in [1.82, 2.24) is 0 Å². The van der Waals surface area contributed by atoms with E-state index in [1.54, 1.807) is 45.0 Å². The highest BCUT2D eigenvalue weighted by atomic mass is 16.6. The zero-order chi connectivity index (χ0) is 12.4. The van der Waals surface area contributed by atoms with E-state index in [0.717, 1.165) is 0 Å². The van der Waals surface area contributed by atoms with Gasteiger partial charge in [-0.25, -0.2) is 4.79 Å². The molecule has 3 heteroatoms. The van der Waals surface area contributed by atoms with Gasteiger partial charge in [0.1, 0.15) is 5.60 Å². The summed E-state index contributed by atoms with van der Waals surface area (Å²) in [5.74, 6) is -0.633. The highest BCUT2D eigenvalue weighted by Gasteiger charge is 2.36. The minimum atomic E-state index is -1.60. The molecule has 0 saturated heterocycles. The monoisotopic (exact) mass is 222 g/mol. The molecule has 0 unspecified atom stereocenters. The Morgan fingerprint density at radius 3 is 2.06 bits per heavy atom. The van der Waals surface area contributed by atoms with Crippen molar-refractivity contribution >= 4 is 5.97 Å². The first-order chi connectivity index (χ1) is 7.23. The molecular formula is C13H18O3. The van der Waals surface area contributed by atoms with Crippen LogP contribution in [0.3, 0.4) is 0 Å². The lowest BCUT2D eigenvalue weighted by Gasteiger charge is -2.27. The fraction of sp³-hybridized carbons (Fsp3) is 0.462. The molecule has 3 nitrogen and oxygen atoms in total. The third-order valence-corrected chi connectivity index (χ3v) is 2.13. The SMILES string of the molecule is CC(C)(C)OC(=O)[C@](C)(O)c1ccccc1. The molecule has 0 saturated carbocycles. The molecule has 88 valence electrons. The van der Waals surface area contributed by atoms with Crippen molar-refractivity contribution in [2.45, 2.75) is 38.9 Å². The molecule has 0 aliphatic carbocycles. The van der Waals surface area contributed by atoms with E-state index in [1.165, 1.54) is 6.92 Å². The molecular weight excluding hydrogens is 204 g/mol. The highest BCUT2D eigenvalue weighted by Crippen LogP contribution is 2.24. The lowest BCUT2D eigenvalue weighted by atomic mass is 9.96. The number of esters is 1. The molecule has 1 N–H and O–H groups in total. The number of rotatable bonds is 2. The van der Waals surface area contributed by atoms with Gasteiger partial charge in [0, 0.05) is 0 Å². The van der Waals surface area contributed by atoms with Crippen LogP contribution in [0.25, 0.3) is 0 Å². The Labute approximate surface area is 96.1 Å². The van der Waals surface area contributed by atoms with Gasteiger partial charge < -0.3 is 9.84 Å². The second-order valence-electron chi connectivity index (χ2n) is 4.94. The van der Waals surface area contributed by atoms with E-state index < -0.39 is 17.2 Å². The summed E-state index contributed by atoms with van der Waals surface area (Å²) in [4.78, 5) is 11.8. The topological polar surface area (TPSA) is 46.5 Å². The molecule has 0 aromatic heterocycles. The number of hydrogen-bond donors (Lipinski definition) is 1. The summed E-state index contributed by atoms with van der Waals surface area (Å²) < 4.78 is 5.17. The quantitative estimate of drug-likeness (QED) is 0.780. The van der Waals surface area contributed by atoms with Crippen LogP contribution in [0.15, 0.2) is 30.3 Å². The first-order valence-electron chi connectivity index (χ1n) is 5.25. The molecule has 0 aliphatic heterocycles. The van der Waals surface area contributed by atoms with Crippen LogP contribution in [-0.2, 0) is 15.1 Å². The summed E-state index contributed by atoms with van der Waals surface area (Å²) in [6, 6.07) is 8.77. The standard InChI is InChI=1S/C13H18O3/c1-12(2,3)16-11(14)13(4,15)10-8-6-5-7-9-10/h5-9,15H,1-4H3/t13-/m1/s1. The molecule has 0 bridgehead atoms. The van der Waals surface area contributed by atoms with E-state index in [4.69, 9.17) is 4.74 Å². The van der Waals surface area contributed by atoms with Crippen LogP contribution in [0.1, 0.15) is 33.3 Å². The maximum atomic E-state index is 11.8. The van der Waals surface area contributed by atoms with Crippen LogP contribution in [0, 0.1) is 0 Å². The lowest BCUT2D eigenvalue weighted by molar-refractivity contribution is -0.176. The lowest BCUT2D eigenvalue weighted by Crippen LogP contribution is -2.38. The fourth-order valence-electron chi connectivity index (χ4n) is 1.26. The fourth-order valence-corrected chi connectivity index (χ4v) is 1.26. The molecule has 1 aromatic carbocycles. The second kappa shape index (κ2) is 4.26. The smallest absolute Gasteiger partial charge is 0.343 e. The van der Waals surface area contributed by atoms with E-state index in [1.807, 2.05) is 6.07 Å². The van der Waals surface area contributed by atoms with Gasteiger partial charge in [-0.2, -0.15) is 0 Å². The number of benzene rings is 1. The summed E-state index contributed by atoms with van der Waals surface area (Å²) in [6.45, 7) is 6.75. The molecule has 1 aromatic rings. The number of ether oxygens (including phenoxy) is 1. The van der Waals surface area contributed by atoms with Gasteiger partial charge in [0.05, 0.1) is 0 Å². The van der Waals surface area contributed by atoms with E-state index in [-0.39, 0.29) is 0 Å². The summed E-state index contributed by atoms with van der Waals surface area (Å²) in [7, 11) is 0. The first-order valence-corrected chi connectivity index (χ1v) is 5.25. The second-order valence-corrected chi connectivity index (χ2v) is 4.94. The van der Waals surface area contributed by atoms with Crippen molar-refractivity contribution < 1.29 is 14.6 Å². The van der Waals surface area contributed by atoms with Gasteiger partial charge in [-0.3, -0.25) is 0 Å². The van der Waals surface area contributed by atoms with Crippen molar-refractivity contribution in [2.75, 3.05) is 0 Å². The van der Waals surface area contributed by atoms with Gasteiger partial charge in [0.15, 0.2) is 5.60 Å². The summed E-state index contributed by atoms with van der Waals surface area (Å²) in [6.07, 6.45) is 0. The minimum absolute atomic E-state index is 0.532. The minimum Gasteiger partial charge on any atom is -0.458 e. The van der Waals surface area contributed by atoms with Crippen molar-refractivity contribution in [3.8, 4) is 0 Å². The number of aliphatic hydroxyl groups is 1. The van der Waals surface area contributed by atoms with E-state index in [2.05, 4.69) is 0 Å². The van der Waals surface area contributed by atoms with E-state index in [9.17, 15) is 9.90 Å². The van der Waals surface area contributed by atoms with E-state index >= 15 is 0 Å². The van der Waals surface area contributed by atoms with Crippen LogP contribution in [0.2, 0.25) is 0 Å². The number of carbonyl (C=O) groups excluding carboxylic acids is 1. The van der Waals surface area contributed by atoms with Crippen LogP contribution >= 0.6 is 0 Å². The Bertz CT molecular complexity index is 361. The molecule has 0 aliphatic rings. The normalized spacial score (nSPS) is 15.3. The Balaban J connectivity index is 2.90. The van der Waals surface area contributed by atoms with Gasteiger partial charge in [-0.15, -0.1) is 0 Å². The van der Waals surface area contributed by atoms with Gasteiger partial charge in [0.25, 0.3) is 0 Å². The maximum absolute atomic E-state index is 11.8. The van der Waals surface area contributed by atoms with Crippen LogP contribution in [0.5, 0.6) is 0 Å². The van der Waals surface area contributed by atoms with Crippen molar-refractivity contribution in [2.24, 2.45) is 0 Å². The molecule has 0 spiro atoms. The predicted octanol–water partition coefficient (Wildman–Crippen LogP) is 2.24. The molecule has 0 fully saturated rings. The van der Waals surface area contributed by atoms with Gasteiger partial charge in [-0.05, 0) is 33.3 Å². The number of carbonyl (C=O) groups is 1.